The van der Waals surface area contributed by atoms with Gasteiger partial charge in [-0.25, -0.2) is 0 Å². The van der Waals surface area contributed by atoms with Gasteiger partial charge in [0.15, 0.2) is 0 Å². The third-order valence-electron chi connectivity index (χ3n) is 3.33. The molecule has 2 aliphatic carbocycles. The SMILES string of the molecule is CCC1=CC=C2C(=Cc3ccccc32)C1=[N+]=[N-]. The van der Waals surface area contributed by atoms with Gasteiger partial charge in [0.05, 0.1) is 5.57 Å². The zero-order chi connectivity index (χ0) is 11.8. The lowest BCUT2D eigenvalue weighted by molar-refractivity contribution is -0.00326. The minimum Gasteiger partial charge on any atom is -0.361 e. The van der Waals surface area contributed by atoms with Crippen molar-refractivity contribution in [1.29, 1.82) is 0 Å². The Bertz CT molecular complexity index is 639. The first kappa shape index (κ1) is 10.0. The van der Waals surface area contributed by atoms with Crippen LogP contribution in [0.25, 0.3) is 17.2 Å². The molecule has 0 saturated carbocycles. The molecule has 1 aromatic carbocycles. The standard InChI is InChI=1S/C15H12N2/c1-2-10-7-8-13-12-6-4-3-5-11(12)9-14(13)15(10)17-16/h3-9H,2H2,1H3. The summed E-state index contributed by atoms with van der Waals surface area (Å²) in [4.78, 5) is 3.46. The van der Waals surface area contributed by atoms with Crippen LogP contribution in [-0.4, -0.2) is 10.5 Å². The summed E-state index contributed by atoms with van der Waals surface area (Å²) >= 11 is 0. The average molecular weight is 220 g/mol. The molecule has 0 N–H and O–H groups in total. The maximum Gasteiger partial charge on any atom is 0.326 e. The van der Waals surface area contributed by atoms with Crippen LogP contribution in [0.2, 0.25) is 0 Å². The zero-order valence-corrected chi connectivity index (χ0v) is 9.64. The van der Waals surface area contributed by atoms with Crippen molar-refractivity contribution in [2.45, 2.75) is 13.3 Å². The first-order valence-electron chi connectivity index (χ1n) is 5.80. The van der Waals surface area contributed by atoms with E-state index in [0.717, 1.165) is 23.1 Å². The van der Waals surface area contributed by atoms with Crippen molar-refractivity contribution < 1.29 is 4.79 Å². The van der Waals surface area contributed by atoms with Crippen LogP contribution in [-0.2, 0) is 0 Å². The second-order valence-corrected chi connectivity index (χ2v) is 4.22. The van der Waals surface area contributed by atoms with E-state index in [2.05, 4.69) is 36.0 Å². The average Bonchev–Trinajstić information content (AvgIpc) is 2.75. The Morgan fingerprint density at radius 1 is 1.12 bits per heavy atom. The lowest BCUT2D eigenvalue weighted by Crippen LogP contribution is -2.10. The Morgan fingerprint density at radius 3 is 2.71 bits per heavy atom. The van der Waals surface area contributed by atoms with E-state index in [0.29, 0.717) is 5.71 Å². The molecule has 82 valence electrons. The summed E-state index contributed by atoms with van der Waals surface area (Å²) in [6.07, 6.45) is 7.13. The number of fused-ring (bicyclic) bond motifs is 3. The molecule has 1 aromatic rings. The normalized spacial score (nSPS) is 16.5. The van der Waals surface area contributed by atoms with E-state index in [1.807, 2.05) is 18.2 Å². The van der Waals surface area contributed by atoms with Gasteiger partial charge in [0, 0.05) is 5.57 Å². The smallest absolute Gasteiger partial charge is 0.326 e. The molecule has 0 unspecified atom stereocenters. The second-order valence-electron chi connectivity index (χ2n) is 4.22. The van der Waals surface area contributed by atoms with Crippen LogP contribution in [0.1, 0.15) is 24.5 Å². The van der Waals surface area contributed by atoms with Crippen LogP contribution in [0.3, 0.4) is 0 Å². The minimum atomic E-state index is 0.709. The van der Waals surface area contributed by atoms with E-state index in [4.69, 9.17) is 0 Å². The highest BCUT2D eigenvalue weighted by molar-refractivity contribution is 6.26. The minimum absolute atomic E-state index is 0.709. The Kier molecular flexibility index (Phi) is 2.17. The molecule has 2 nitrogen and oxygen atoms in total. The van der Waals surface area contributed by atoms with Crippen molar-refractivity contribution in [3.8, 4) is 0 Å². The maximum absolute atomic E-state index is 9.20. The molecule has 0 heterocycles. The Hall–Kier alpha value is -2.18. The summed E-state index contributed by atoms with van der Waals surface area (Å²) in [6, 6.07) is 8.25. The van der Waals surface area contributed by atoms with Crippen LogP contribution < -0.4 is 0 Å². The van der Waals surface area contributed by atoms with Crippen molar-refractivity contribution >= 4 is 17.4 Å². The van der Waals surface area contributed by atoms with Gasteiger partial charge in [0.2, 0.25) is 0 Å². The summed E-state index contributed by atoms with van der Waals surface area (Å²) in [5, 5.41) is 0. The van der Waals surface area contributed by atoms with Crippen molar-refractivity contribution in [3.05, 3.63) is 64.2 Å². The van der Waals surface area contributed by atoms with E-state index in [-0.39, 0.29) is 0 Å². The van der Waals surface area contributed by atoms with E-state index < -0.39 is 0 Å². The van der Waals surface area contributed by atoms with Gasteiger partial charge in [-0.3, -0.25) is 0 Å². The predicted molar refractivity (Wildman–Crippen MR) is 69.4 cm³/mol. The third-order valence-corrected chi connectivity index (χ3v) is 3.33. The van der Waals surface area contributed by atoms with Crippen molar-refractivity contribution in [3.63, 3.8) is 0 Å². The molecule has 0 aromatic heterocycles. The van der Waals surface area contributed by atoms with Gasteiger partial charge in [0.1, 0.15) is 0 Å². The van der Waals surface area contributed by atoms with E-state index >= 15 is 0 Å². The quantitative estimate of drug-likeness (QED) is 0.513. The molecule has 17 heavy (non-hydrogen) atoms. The zero-order valence-electron chi connectivity index (χ0n) is 9.64. The first-order valence-corrected chi connectivity index (χ1v) is 5.80. The summed E-state index contributed by atoms with van der Waals surface area (Å²) in [6.45, 7) is 2.07. The predicted octanol–water partition coefficient (Wildman–Crippen LogP) is 3.49. The summed E-state index contributed by atoms with van der Waals surface area (Å²) in [5.41, 5.74) is 15.6. The first-order chi connectivity index (χ1) is 8.35. The molecule has 0 bridgehead atoms. The monoisotopic (exact) mass is 220 g/mol. The Morgan fingerprint density at radius 2 is 1.94 bits per heavy atom. The number of rotatable bonds is 1. The highest BCUT2D eigenvalue weighted by Crippen LogP contribution is 2.39. The highest BCUT2D eigenvalue weighted by atomic mass is 14.9. The summed E-state index contributed by atoms with van der Waals surface area (Å²) < 4.78 is 0. The van der Waals surface area contributed by atoms with Gasteiger partial charge >= 0.3 is 5.71 Å². The Balaban J connectivity index is 2.24. The number of nitrogens with zero attached hydrogens (tertiary/aromatic N) is 2. The van der Waals surface area contributed by atoms with Crippen molar-refractivity contribution in [2.24, 2.45) is 0 Å². The molecule has 2 heteroatoms. The molecule has 2 aliphatic rings. The van der Waals surface area contributed by atoms with E-state index in [1.54, 1.807) is 0 Å². The molecule has 0 atom stereocenters. The van der Waals surface area contributed by atoms with Crippen LogP contribution in [0.15, 0.2) is 47.6 Å². The second kappa shape index (κ2) is 3.69. The van der Waals surface area contributed by atoms with Crippen LogP contribution >= 0.6 is 0 Å². The fourth-order valence-corrected chi connectivity index (χ4v) is 2.46. The number of hydrogen-bond donors (Lipinski definition) is 0. The van der Waals surface area contributed by atoms with Gasteiger partial charge in [-0.2, -0.15) is 4.79 Å². The molecule has 0 saturated heterocycles. The fraction of sp³-hybridized carbons (Fsp3) is 0.133. The van der Waals surface area contributed by atoms with E-state index in [1.165, 1.54) is 11.1 Å². The Labute approximate surface area is 100 Å². The van der Waals surface area contributed by atoms with Crippen molar-refractivity contribution in [2.75, 3.05) is 0 Å². The molecule has 0 aliphatic heterocycles. The van der Waals surface area contributed by atoms with Gasteiger partial charge in [-0.15, -0.1) is 0 Å². The van der Waals surface area contributed by atoms with Crippen LogP contribution in [0.4, 0.5) is 0 Å². The molecular formula is C15H12N2. The molecule has 0 fully saturated rings. The maximum atomic E-state index is 9.20. The topological polar surface area (TPSA) is 36.4 Å². The molecule has 0 spiro atoms. The summed E-state index contributed by atoms with van der Waals surface area (Å²) in [5.74, 6) is 0. The third kappa shape index (κ3) is 1.35. The van der Waals surface area contributed by atoms with Gasteiger partial charge in [-0.1, -0.05) is 43.3 Å². The number of allylic oxidation sites excluding steroid dienone is 5. The molecule has 0 radical (unpaired) electrons. The van der Waals surface area contributed by atoms with Gasteiger partial charge in [-0.05, 0) is 29.2 Å². The van der Waals surface area contributed by atoms with Crippen LogP contribution in [0.5, 0.6) is 0 Å². The lowest BCUT2D eigenvalue weighted by atomic mass is 9.89. The van der Waals surface area contributed by atoms with Gasteiger partial charge < -0.3 is 5.53 Å². The number of hydrogen-bond acceptors (Lipinski definition) is 0. The largest absolute Gasteiger partial charge is 0.361 e. The number of benzene rings is 1. The molecular weight excluding hydrogens is 208 g/mol. The van der Waals surface area contributed by atoms with Gasteiger partial charge in [0.25, 0.3) is 0 Å². The summed E-state index contributed by atoms with van der Waals surface area (Å²) in [7, 11) is 0. The van der Waals surface area contributed by atoms with Crippen molar-refractivity contribution in [1.82, 2.24) is 0 Å². The highest BCUT2D eigenvalue weighted by Gasteiger charge is 2.31. The molecule has 0 amide bonds. The lowest BCUT2D eigenvalue weighted by Gasteiger charge is -2.09. The fourth-order valence-electron chi connectivity index (χ4n) is 2.46. The van der Waals surface area contributed by atoms with E-state index in [9.17, 15) is 5.53 Å². The van der Waals surface area contributed by atoms with Crippen LogP contribution in [0, 0.1) is 0 Å². The molecule has 3 rings (SSSR count).